The summed E-state index contributed by atoms with van der Waals surface area (Å²) in [6.07, 6.45) is 2.83. The van der Waals surface area contributed by atoms with Crippen LogP contribution in [-0.2, 0) is 43.7 Å². The van der Waals surface area contributed by atoms with Crippen molar-refractivity contribution in [2.45, 2.75) is 106 Å². The van der Waals surface area contributed by atoms with Crippen LogP contribution >= 0.6 is 0 Å². The van der Waals surface area contributed by atoms with E-state index in [1.165, 1.54) is 11.1 Å². The van der Waals surface area contributed by atoms with Gasteiger partial charge in [0.15, 0.2) is 0 Å². The molecule has 0 saturated carbocycles. The molecule has 0 aliphatic rings. The summed E-state index contributed by atoms with van der Waals surface area (Å²) in [6.45, 7) is 26.8. The van der Waals surface area contributed by atoms with E-state index in [2.05, 4.69) is 233 Å². The van der Waals surface area contributed by atoms with Gasteiger partial charge in [-0.1, -0.05) is 208 Å². The molecule has 0 aliphatic carbocycles. The molecule has 6 heteroatoms. The average Bonchev–Trinajstić information content (AvgIpc) is 3.93. The molecular weight excluding hydrogens is 1050 g/mol. The predicted octanol–water partition coefficient (Wildman–Crippen LogP) is 17.6. The Hall–Kier alpha value is -6.55. The van der Waals surface area contributed by atoms with E-state index in [-0.39, 0.29) is 48.5 Å². The molecule has 362 valence electrons. The van der Waals surface area contributed by atoms with Crippen LogP contribution in [0.15, 0.2) is 156 Å². The van der Waals surface area contributed by atoms with Gasteiger partial charge in [-0.3, -0.25) is 9.55 Å². The minimum Gasteiger partial charge on any atom is -0.507 e. The second-order valence-electron chi connectivity index (χ2n) is 23.5. The number of imidazole rings is 1. The van der Waals surface area contributed by atoms with E-state index < -0.39 is 0 Å². The minimum absolute atomic E-state index is 0. The van der Waals surface area contributed by atoms with Crippen LogP contribution in [0.25, 0.3) is 94.7 Å². The maximum atomic E-state index is 12.6. The number of rotatable bonds is 7. The molecule has 0 amide bonds. The first-order chi connectivity index (χ1) is 33.1. The summed E-state index contributed by atoms with van der Waals surface area (Å²) in [5.74, 6) is 1.71. The second kappa shape index (κ2) is 18.2. The Morgan fingerprint density at radius 1 is 0.592 bits per heavy atom. The van der Waals surface area contributed by atoms with Gasteiger partial charge in [-0.05, 0) is 86.7 Å². The summed E-state index contributed by atoms with van der Waals surface area (Å²) in [5, 5.41) is 15.7. The van der Waals surface area contributed by atoms with Gasteiger partial charge in [-0.25, -0.2) is 4.98 Å². The largest absolute Gasteiger partial charge is 0.507 e. The van der Waals surface area contributed by atoms with Gasteiger partial charge in [0.05, 0.1) is 22.3 Å². The van der Waals surface area contributed by atoms with E-state index in [9.17, 15) is 5.11 Å². The predicted molar refractivity (Wildman–Crippen MR) is 293 cm³/mol. The number of aromatic hydroxyl groups is 1. The maximum Gasteiger partial charge on any atom is 0.148 e. The van der Waals surface area contributed by atoms with Crippen molar-refractivity contribution in [1.29, 1.82) is 0 Å². The monoisotopic (exact) mass is 1110 g/mol. The molecule has 3 heterocycles. The van der Waals surface area contributed by atoms with E-state index in [0.717, 1.165) is 101 Å². The average molecular weight is 1110 g/mol. The third-order valence-electron chi connectivity index (χ3n) is 13.6. The summed E-state index contributed by atoms with van der Waals surface area (Å²) in [7, 11) is 0. The Labute approximate surface area is 434 Å². The molecule has 0 bridgehead atoms. The molecule has 10 aromatic rings. The van der Waals surface area contributed by atoms with Crippen molar-refractivity contribution in [1.82, 2.24) is 14.5 Å². The molecule has 0 unspecified atom stereocenters. The van der Waals surface area contributed by atoms with E-state index in [4.69, 9.17) is 14.4 Å². The fourth-order valence-electron chi connectivity index (χ4n) is 9.88. The molecule has 5 nitrogen and oxygen atoms in total. The minimum atomic E-state index is -0.344. The number of phenols is 1. The third-order valence-corrected chi connectivity index (χ3v) is 13.6. The van der Waals surface area contributed by atoms with Gasteiger partial charge in [-0.2, -0.15) is 0 Å². The first kappa shape index (κ1) is 49.4. The Balaban J connectivity index is 0.00000624. The molecule has 1 N–H and O–H groups in total. The molecule has 7 aromatic carbocycles. The Morgan fingerprint density at radius 3 is 1.97 bits per heavy atom. The van der Waals surface area contributed by atoms with Crippen LogP contribution in [0.1, 0.15) is 105 Å². The topological polar surface area (TPSA) is 64.1 Å². The Bertz CT molecular complexity index is 3610. The van der Waals surface area contributed by atoms with Crippen LogP contribution in [0.4, 0.5) is 0 Å². The fourth-order valence-corrected chi connectivity index (χ4v) is 9.88. The third kappa shape index (κ3) is 9.54. The number of aromatic nitrogens is 3. The van der Waals surface area contributed by atoms with Crippen molar-refractivity contribution in [3.63, 3.8) is 0 Å². The van der Waals surface area contributed by atoms with Crippen molar-refractivity contribution in [3.8, 4) is 67.7 Å². The normalized spacial score (nSPS) is 12.5. The number of nitrogens with zero attached hydrogens (tertiary/aromatic N) is 3. The van der Waals surface area contributed by atoms with E-state index in [0.29, 0.717) is 11.4 Å². The zero-order chi connectivity index (χ0) is 49.5. The fraction of sp³-hybridized carbons (Fsp3) is 0.262. The number of furan rings is 1. The van der Waals surface area contributed by atoms with E-state index in [1.807, 2.05) is 12.3 Å². The second-order valence-corrected chi connectivity index (χ2v) is 23.5. The smallest absolute Gasteiger partial charge is 0.148 e. The van der Waals surface area contributed by atoms with Crippen molar-refractivity contribution in [2.24, 2.45) is 5.41 Å². The molecule has 10 rings (SSSR count). The van der Waals surface area contributed by atoms with Crippen molar-refractivity contribution in [2.75, 3.05) is 0 Å². The number of benzene rings is 7. The molecule has 3 aromatic heterocycles. The van der Waals surface area contributed by atoms with Gasteiger partial charge in [-0.15, -0.1) is 17.7 Å². The standard InChI is InChI=1S/C65H64N3O2.Pt/c1-62(2,3)39-40-25-27-42(28-26-40)57-38-51-56(70-57)31-32-66-58(51)44-33-43-21-16-17-22-47(43)50(34-44)48-23-18-24-55-59(48)67-61(52-36-46(64(7,8)9)37-53(60(52)69)65(10,11)12)68(55)54-30-29-45(63(4,5)6)35-49(54)41-19-14-13-15-20-41;/h13-33,35-38,69H,39H2,1-12H3;/q-1;. The number of para-hydroxylation sites is 1. The Kier molecular flexibility index (Phi) is 12.7. The SMILES string of the molecule is CC(C)(C)Cc1ccc(-c2cc3c(-c4[c-]c(-c5cccc6c5nc(-c5cc(C(C)(C)C)cc(C(C)(C)C)c5O)n6-c5ccc(C(C)(C)C)cc5-c5ccccc5)c5ccccc5c4)nccc3o2)cc1.[Pt]. The Morgan fingerprint density at radius 2 is 1.28 bits per heavy atom. The maximum absolute atomic E-state index is 12.6. The number of fused-ring (bicyclic) bond motifs is 3. The molecular formula is C65H64N3O2Pt-. The summed E-state index contributed by atoms with van der Waals surface area (Å²) < 4.78 is 8.84. The van der Waals surface area contributed by atoms with Crippen LogP contribution in [0, 0.1) is 11.5 Å². The molecule has 0 radical (unpaired) electrons. The van der Waals surface area contributed by atoms with Gasteiger partial charge in [0.25, 0.3) is 0 Å². The number of hydrogen-bond acceptors (Lipinski definition) is 4. The quantitative estimate of drug-likeness (QED) is 0.162. The van der Waals surface area contributed by atoms with E-state index >= 15 is 0 Å². The zero-order valence-electron chi connectivity index (χ0n) is 43.2. The number of phenolic OH excluding ortho intramolecular Hbond substituents is 1. The molecule has 0 fully saturated rings. The van der Waals surface area contributed by atoms with Crippen molar-refractivity contribution in [3.05, 3.63) is 180 Å². The van der Waals surface area contributed by atoms with Gasteiger partial charge in [0.1, 0.15) is 22.9 Å². The van der Waals surface area contributed by atoms with Gasteiger partial charge < -0.3 is 9.52 Å². The van der Waals surface area contributed by atoms with E-state index in [1.54, 1.807) is 0 Å². The summed E-state index contributed by atoms with van der Waals surface area (Å²) in [6, 6.07) is 55.6. The molecule has 0 aliphatic heterocycles. The van der Waals surface area contributed by atoms with Crippen LogP contribution in [-0.4, -0.2) is 19.6 Å². The van der Waals surface area contributed by atoms with Crippen LogP contribution in [0.5, 0.6) is 5.75 Å². The van der Waals surface area contributed by atoms with Crippen molar-refractivity contribution >= 4 is 32.8 Å². The van der Waals surface area contributed by atoms with Crippen LogP contribution < -0.4 is 0 Å². The molecule has 0 spiro atoms. The molecule has 0 saturated heterocycles. The first-order valence-electron chi connectivity index (χ1n) is 24.7. The summed E-state index contributed by atoms with van der Waals surface area (Å²) >= 11 is 0. The first-order valence-corrected chi connectivity index (χ1v) is 24.7. The van der Waals surface area contributed by atoms with Crippen LogP contribution in [0.2, 0.25) is 0 Å². The van der Waals surface area contributed by atoms with Crippen molar-refractivity contribution < 1.29 is 30.6 Å². The summed E-state index contributed by atoms with van der Waals surface area (Å²) in [5.41, 5.74) is 15.0. The molecule has 0 atom stereocenters. The van der Waals surface area contributed by atoms with Gasteiger partial charge in [0.2, 0.25) is 0 Å². The zero-order valence-corrected chi connectivity index (χ0v) is 45.4. The number of hydrogen-bond donors (Lipinski definition) is 1. The van der Waals surface area contributed by atoms with Crippen LogP contribution in [0.3, 0.4) is 0 Å². The van der Waals surface area contributed by atoms with Gasteiger partial charge >= 0.3 is 0 Å². The number of pyridine rings is 1. The molecule has 71 heavy (non-hydrogen) atoms. The summed E-state index contributed by atoms with van der Waals surface area (Å²) in [4.78, 5) is 10.8. The van der Waals surface area contributed by atoms with Gasteiger partial charge in [0, 0.05) is 55.0 Å².